The number of likely N-dealkylation sites (tertiary alicyclic amines) is 1. The second kappa shape index (κ2) is 9.85. The molecule has 3 saturated heterocycles. The number of amides is 1. The van der Waals surface area contributed by atoms with Crippen LogP contribution in [0.15, 0.2) is 0 Å². The highest BCUT2D eigenvalue weighted by Crippen LogP contribution is 2.33. The summed E-state index contributed by atoms with van der Waals surface area (Å²) in [4.78, 5) is 14.7. The van der Waals surface area contributed by atoms with Crippen molar-refractivity contribution >= 4 is 5.91 Å². The molecule has 4 aliphatic rings. The summed E-state index contributed by atoms with van der Waals surface area (Å²) < 4.78 is 0. The minimum absolute atomic E-state index is 0.122. The highest BCUT2D eigenvalue weighted by atomic mass is 16.2. The molecule has 1 saturated carbocycles. The van der Waals surface area contributed by atoms with Gasteiger partial charge in [0.1, 0.15) is 0 Å². The van der Waals surface area contributed by atoms with Crippen LogP contribution in [0.4, 0.5) is 0 Å². The lowest BCUT2D eigenvalue weighted by molar-refractivity contribution is -0.125. The zero-order valence-electron chi connectivity index (χ0n) is 17.4. The van der Waals surface area contributed by atoms with Gasteiger partial charge >= 0.3 is 0 Å². The number of piperidine rings is 1. The van der Waals surface area contributed by atoms with Crippen LogP contribution >= 0.6 is 0 Å². The molecule has 1 amide bonds. The molecule has 4 fully saturated rings. The lowest BCUT2D eigenvalue weighted by atomic mass is 9.78. The van der Waals surface area contributed by atoms with E-state index in [-0.39, 0.29) is 18.1 Å². The van der Waals surface area contributed by atoms with E-state index in [0.717, 1.165) is 18.4 Å². The van der Waals surface area contributed by atoms with Gasteiger partial charge in [-0.1, -0.05) is 6.42 Å². The molecule has 0 radical (unpaired) electrons. The van der Waals surface area contributed by atoms with Gasteiger partial charge in [-0.2, -0.15) is 0 Å². The van der Waals surface area contributed by atoms with Crippen LogP contribution in [0.5, 0.6) is 0 Å². The average molecular weight is 393 g/mol. The number of nitrogens with one attached hydrogen (secondary N) is 3. The quantitative estimate of drug-likeness (QED) is 0.526. The number of nitrogens with zero attached hydrogens (tertiary/aromatic N) is 2. The fourth-order valence-corrected chi connectivity index (χ4v) is 5.79. The Hall–Kier alpha value is -0.730. The molecule has 0 bridgehead atoms. The van der Waals surface area contributed by atoms with Crippen LogP contribution in [0.3, 0.4) is 0 Å². The van der Waals surface area contributed by atoms with Crippen molar-refractivity contribution in [2.45, 2.75) is 63.6 Å². The monoisotopic (exact) mass is 392 g/mol. The minimum Gasteiger partial charge on any atom is -0.340 e. The third-order valence-corrected chi connectivity index (χ3v) is 7.39. The zero-order valence-corrected chi connectivity index (χ0v) is 17.4. The van der Waals surface area contributed by atoms with Crippen LogP contribution in [-0.4, -0.2) is 73.8 Å². The number of hydrogen-bond acceptors (Lipinski definition) is 6. The van der Waals surface area contributed by atoms with Crippen molar-refractivity contribution in [1.29, 1.82) is 0 Å². The van der Waals surface area contributed by atoms with Gasteiger partial charge in [0.25, 0.3) is 0 Å². The molecule has 160 valence electrons. The normalized spacial score (nSPS) is 36.5. The van der Waals surface area contributed by atoms with Gasteiger partial charge in [-0.3, -0.25) is 15.5 Å². The molecule has 5 N–H and O–H groups in total. The summed E-state index contributed by atoms with van der Waals surface area (Å²) in [6, 6.07) is 0.142. The molecule has 28 heavy (non-hydrogen) atoms. The van der Waals surface area contributed by atoms with E-state index in [1.165, 1.54) is 77.7 Å². The molecule has 0 aromatic carbocycles. The number of carbonyl (C=O) groups excluding carboxylic acids is 1. The fraction of sp³-hybridized carbons (Fsp3) is 0.952. The topological polar surface area (TPSA) is 85.7 Å². The third kappa shape index (κ3) is 5.45. The smallest absolute Gasteiger partial charge is 0.222 e. The lowest BCUT2D eigenvalue weighted by Crippen LogP contribution is -2.61. The molecule has 0 spiro atoms. The van der Waals surface area contributed by atoms with Crippen LogP contribution in [0.25, 0.3) is 0 Å². The van der Waals surface area contributed by atoms with Crippen molar-refractivity contribution < 1.29 is 4.79 Å². The number of carbonyl (C=O) groups is 1. The van der Waals surface area contributed by atoms with Crippen LogP contribution in [0, 0.1) is 17.8 Å². The summed E-state index contributed by atoms with van der Waals surface area (Å²) in [6.07, 6.45) is 9.69. The second-order valence-corrected chi connectivity index (χ2v) is 9.59. The molecule has 7 nitrogen and oxygen atoms in total. The standard InChI is InChI=1S/C21H40N6O/c22-13-19-12-20(28)25-21(24-19)18-4-1-3-17(11-18)14-26-9-5-16(6-10-26)15-27-8-2-7-23-27/h16-19,21,23-24H,1-15,22H2,(H,25,28). The van der Waals surface area contributed by atoms with Crippen LogP contribution in [-0.2, 0) is 4.79 Å². The summed E-state index contributed by atoms with van der Waals surface area (Å²) in [5, 5.41) is 9.21. The lowest BCUT2D eigenvalue weighted by Gasteiger charge is -2.41. The van der Waals surface area contributed by atoms with Gasteiger partial charge < -0.3 is 16.0 Å². The first-order chi connectivity index (χ1) is 13.7. The molecule has 7 heteroatoms. The van der Waals surface area contributed by atoms with Crippen LogP contribution in [0.1, 0.15) is 51.4 Å². The van der Waals surface area contributed by atoms with E-state index in [2.05, 4.69) is 26.0 Å². The van der Waals surface area contributed by atoms with Crippen LogP contribution in [0.2, 0.25) is 0 Å². The van der Waals surface area contributed by atoms with Gasteiger partial charge in [0, 0.05) is 45.2 Å². The minimum atomic E-state index is 0.122. The van der Waals surface area contributed by atoms with Crippen molar-refractivity contribution in [3.63, 3.8) is 0 Å². The van der Waals surface area contributed by atoms with Gasteiger partial charge in [-0.25, -0.2) is 5.01 Å². The molecule has 0 aromatic heterocycles. The van der Waals surface area contributed by atoms with Gasteiger partial charge in [-0.15, -0.1) is 0 Å². The first kappa shape index (κ1) is 20.5. The van der Waals surface area contributed by atoms with Gasteiger partial charge in [0.2, 0.25) is 5.91 Å². The summed E-state index contributed by atoms with van der Waals surface area (Å²) in [5.41, 5.74) is 9.32. The maximum Gasteiger partial charge on any atom is 0.222 e. The van der Waals surface area contributed by atoms with E-state index < -0.39 is 0 Å². The van der Waals surface area contributed by atoms with E-state index in [1.54, 1.807) is 0 Å². The van der Waals surface area contributed by atoms with E-state index in [4.69, 9.17) is 5.73 Å². The summed E-state index contributed by atoms with van der Waals surface area (Å²) in [6.45, 7) is 7.91. The van der Waals surface area contributed by atoms with Crippen molar-refractivity contribution in [3.05, 3.63) is 0 Å². The van der Waals surface area contributed by atoms with E-state index in [0.29, 0.717) is 18.9 Å². The Morgan fingerprint density at radius 1 is 1.00 bits per heavy atom. The predicted octanol–water partition coefficient (Wildman–Crippen LogP) is 0.478. The molecular formula is C21H40N6O. The Morgan fingerprint density at radius 3 is 2.61 bits per heavy atom. The Morgan fingerprint density at radius 2 is 1.86 bits per heavy atom. The Bertz CT molecular complexity index is 503. The third-order valence-electron chi connectivity index (χ3n) is 7.39. The summed E-state index contributed by atoms with van der Waals surface area (Å²) >= 11 is 0. The van der Waals surface area contributed by atoms with Crippen LogP contribution < -0.4 is 21.8 Å². The molecule has 4 unspecified atom stereocenters. The highest BCUT2D eigenvalue weighted by Gasteiger charge is 2.34. The van der Waals surface area contributed by atoms with E-state index in [1.807, 2.05) is 0 Å². The average Bonchev–Trinajstić information content (AvgIpc) is 3.22. The zero-order chi connectivity index (χ0) is 19.3. The number of hydrazine groups is 1. The molecule has 1 aliphatic carbocycles. The predicted molar refractivity (Wildman–Crippen MR) is 111 cm³/mol. The Labute approximate surface area is 170 Å². The molecule has 3 aliphatic heterocycles. The van der Waals surface area contributed by atoms with Gasteiger partial charge in [0.15, 0.2) is 0 Å². The maximum absolute atomic E-state index is 12.0. The van der Waals surface area contributed by atoms with E-state index in [9.17, 15) is 4.79 Å². The number of nitrogens with two attached hydrogens (primary N) is 1. The largest absolute Gasteiger partial charge is 0.340 e. The number of hydrogen-bond donors (Lipinski definition) is 4. The van der Waals surface area contributed by atoms with Crippen molar-refractivity contribution in [2.24, 2.45) is 23.5 Å². The first-order valence-electron chi connectivity index (χ1n) is 11.7. The van der Waals surface area contributed by atoms with E-state index >= 15 is 0 Å². The van der Waals surface area contributed by atoms with Gasteiger partial charge in [0.05, 0.1) is 6.17 Å². The first-order valence-corrected chi connectivity index (χ1v) is 11.7. The van der Waals surface area contributed by atoms with Crippen molar-refractivity contribution in [1.82, 2.24) is 26.0 Å². The molecule has 4 atom stereocenters. The Kier molecular flexibility index (Phi) is 7.22. The maximum atomic E-state index is 12.0. The Balaban J connectivity index is 1.20. The SMILES string of the molecule is NCC1CC(=O)NC(C2CCCC(CN3CCC(CN4CCCN4)CC3)C2)N1. The summed E-state index contributed by atoms with van der Waals surface area (Å²) in [7, 11) is 0. The molecule has 0 aromatic rings. The molecular weight excluding hydrogens is 352 g/mol. The van der Waals surface area contributed by atoms with Crippen molar-refractivity contribution in [3.8, 4) is 0 Å². The van der Waals surface area contributed by atoms with Crippen molar-refractivity contribution in [2.75, 3.05) is 45.8 Å². The summed E-state index contributed by atoms with van der Waals surface area (Å²) in [5.74, 6) is 2.34. The second-order valence-electron chi connectivity index (χ2n) is 9.59. The number of rotatable bonds is 6. The molecule has 4 rings (SSSR count). The van der Waals surface area contributed by atoms with Gasteiger partial charge in [-0.05, 0) is 69.4 Å². The highest BCUT2D eigenvalue weighted by molar-refractivity contribution is 5.77. The fourth-order valence-electron chi connectivity index (χ4n) is 5.79. The molecule has 3 heterocycles.